The Balaban J connectivity index is 1.42. The van der Waals surface area contributed by atoms with Crippen LogP contribution >= 0.6 is 11.6 Å². The number of rotatable bonds is 5. The molecule has 0 atom stereocenters. The fourth-order valence-electron chi connectivity index (χ4n) is 3.64. The molecule has 164 valence electrons. The molecule has 7 nitrogen and oxygen atoms in total. The molecular weight excluding hydrogens is 433 g/mol. The van der Waals surface area contributed by atoms with Crippen LogP contribution in [-0.2, 0) is 4.79 Å². The van der Waals surface area contributed by atoms with E-state index >= 15 is 0 Å². The van der Waals surface area contributed by atoms with Gasteiger partial charge in [-0.25, -0.2) is 9.37 Å². The maximum absolute atomic E-state index is 13.1. The number of halogens is 2. The van der Waals surface area contributed by atoms with Gasteiger partial charge in [0.2, 0.25) is 5.91 Å². The van der Waals surface area contributed by atoms with Gasteiger partial charge in [0, 0.05) is 42.1 Å². The molecule has 2 N–H and O–H groups in total. The molecule has 0 saturated carbocycles. The average molecular weight is 454 g/mol. The first-order valence-corrected chi connectivity index (χ1v) is 10.6. The van der Waals surface area contributed by atoms with Crippen molar-refractivity contribution in [3.05, 3.63) is 77.5 Å². The SMILES string of the molecule is O=C(Nc1ccc(F)cn1)c1cc(Cl)ccc1NC(=O)C1CCN(c2ccncc2)CC1. The highest BCUT2D eigenvalue weighted by atomic mass is 35.5. The third-order valence-corrected chi connectivity index (χ3v) is 5.58. The zero-order valence-electron chi connectivity index (χ0n) is 17.1. The van der Waals surface area contributed by atoms with Crippen LogP contribution in [0.15, 0.2) is 61.1 Å². The van der Waals surface area contributed by atoms with Crippen molar-refractivity contribution in [3.8, 4) is 0 Å². The standard InChI is InChI=1S/C23H21ClFN5O2/c24-16-1-3-20(19(13-16)23(32)29-21-4-2-17(25)14-27-21)28-22(31)15-7-11-30(12-8-15)18-5-9-26-10-6-18/h1-6,9-10,13-15H,7-8,11-12H2,(H,28,31)(H,27,29,32). The molecule has 0 unspecified atom stereocenters. The van der Waals surface area contributed by atoms with Gasteiger partial charge in [-0.15, -0.1) is 0 Å². The van der Waals surface area contributed by atoms with Gasteiger partial charge in [-0.1, -0.05) is 11.6 Å². The van der Waals surface area contributed by atoms with E-state index < -0.39 is 11.7 Å². The zero-order valence-corrected chi connectivity index (χ0v) is 17.8. The largest absolute Gasteiger partial charge is 0.371 e. The van der Waals surface area contributed by atoms with Crippen LogP contribution in [0.2, 0.25) is 5.02 Å². The van der Waals surface area contributed by atoms with Crippen molar-refractivity contribution in [3.63, 3.8) is 0 Å². The normalized spacial score (nSPS) is 14.1. The van der Waals surface area contributed by atoms with Gasteiger partial charge in [0.25, 0.3) is 5.91 Å². The van der Waals surface area contributed by atoms with Crippen LogP contribution in [0.3, 0.4) is 0 Å². The minimum Gasteiger partial charge on any atom is -0.371 e. The predicted molar refractivity (Wildman–Crippen MR) is 121 cm³/mol. The summed E-state index contributed by atoms with van der Waals surface area (Å²) in [6.45, 7) is 1.51. The Morgan fingerprint density at radius 3 is 2.47 bits per heavy atom. The second kappa shape index (κ2) is 9.74. The highest BCUT2D eigenvalue weighted by Gasteiger charge is 2.26. The van der Waals surface area contributed by atoms with Gasteiger partial charge in [-0.3, -0.25) is 14.6 Å². The lowest BCUT2D eigenvalue weighted by Gasteiger charge is -2.33. The fraction of sp³-hybridized carbons (Fsp3) is 0.217. The first-order chi connectivity index (χ1) is 15.5. The summed E-state index contributed by atoms with van der Waals surface area (Å²) in [5.74, 6) is -1.13. The summed E-state index contributed by atoms with van der Waals surface area (Å²) in [6, 6.07) is 11.1. The van der Waals surface area contributed by atoms with E-state index in [-0.39, 0.29) is 23.2 Å². The number of pyridine rings is 2. The van der Waals surface area contributed by atoms with Crippen LogP contribution in [0.5, 0.6) is 0 Å². The highest BCUT2D eigenvalue weighted by molar-refractivity contribution is 6.31. The molecule has 0 bridgehead atoms. The lowest BCUT2D eigenvalue weighted by Crippen LogP contribution is -2.38. The summed E-state index contributed by atoms with van der Waals surface area (Å²) in [7, 11) is 0. The molecule has 0 aliphatic carbocycles. The number of benzene rings is 1. The Hall–Kier alpha value is -3.52. The number of hydrogen-bond donors (Lipinski definition) is 2. The Labute approximate surface area is 189 Å². The number of nitrogens with one attached hydrogen (secondary N) is 2. The summed E-state index contributed by atoms with van der Waals surface area (Å²) in [5, 5.41) is 5.81. The zero-order chi connectivity index (χ0) is 22.5. The smallest absolute Gasteiger partial charge is 0.258 e. The van der Waals surface area contributed by atoms with E-state index in [1.54, 1.807) is 24.5 Å². The maximum Gasteiger partial charge on any atom is 0.258 e. The topological polar surface area (TPSA) is 87.2 Å². The van der Waals surface area contributed by atoms with Crippen molar-refractivity contribution in [2.24, 2.45) is 5.92 Å². The number of nitrogens with zero attached hydrogens (tertiary/aromatic N) is 3. The summed E-state index contributed by atoms with van der Waals surface area (Å²) in [4.78, 5) is 35.8. The van der Waals surface area contributed by atoms with Crippen LogP contribution in [0.4, 0.5) is 21.6 Å². The molecule has 0 spiro atoms. The van der Waals surface area contributed by atoms with Crippen LogP contribution in [0.25, 0.3) is 0 Å². The van der Waals surface area contributed by atoms with Gasteiger partial charge in [0.05, 0.1) is 17.4 Å². The minimum atomic E-state index is -0.506. The summed E-state index contributed by atoms with van der Waals surface area (Å²) >= 11 is 6.08. The fourth-order valence-corrected chi connectivity index (χ4v) is 3.81. The molecule has 9 heteroatoms. The minimum absolute atomic E-state index is 0.143. The second-order valence-electron chi connectivity index (χ2n) is 7.46. The summed E-state index contributed by atoms with van der Waals surface area (Å²) in [6.07, 6.45) is 5.91. The number of aromatic nitrogens is 2. The molecule has 2 amide bonds. The van der Waals surface area contributed by atoms with Gasteiger partial charge in [-0.05, 0) is 55.3 Å². The van der Waals surface area contributed by atoms with Crippen LogP contribution in [0, 0.1) is 11.7 Å². The van der Waals surface area contributed by atoms with Crippen molar-refractivity contribution in [1.82, 2.24) is 9.97 Å². The van der Waals surface area contributed by atoms with E-state index in [4.69, 9.17) is 11.6 Å². The monoisotopic (exact) mass is 453 g/mol. The molecule has 1 saturated heterocycles. The van der Waals surface area contributed by atoms with Crippen molar-refractivity contribution in [2.75, 3.05) is 28.6 Å². The second-order valence-corrected chi connectivity index (χ2v) is 7.90. The number of amides is 2. The van der Waals surface area contributed by atoms with E-state index in [1.807, 2.05) is 12.1 Å². The van der Waals surface area contributed by atoms with E-state index in [2.05, 4.69) is 25.5 Å². The van der Waals surface area contributed by atoms with E-state index in [1.165, 1.54) is 18.2 Å². The molecule has 1 fully saturated rings. The van der Waals surface area contributed by atoms with Crippen LogP contribution in [0.1, 0.15) is 23.2 Å². The third-order valence-electron chi connectivity index (χ3n) is 5.35. The van der Waals surface area contributed by atoms with Gasteiger partial charge < -0.3 is 15.5 Å². The molecule has 1 aliphatic rings. The average Bonchev–Trinajstić information content (AvgIpc) is 2.82. The van der Waals surface area contributed by atoms with Crippen LogP contribution < -0.4 is 15.5 Å². The molecule has 0 radical (unpaired) electrons. The summed E-state index contributed by atoms with van der Waals surface area (Å²) in [5.41, 5.74) is 1.65. The molecular formula is C23H21ClFN5O2. The van der Waals surface area contributed by atoms with Crippen LogP contribution in [-0.4, -0.2) is 34.9 Å². The van der Waals surface area contributed by atoms with Crippen molar-refractivity contribution in [1.29, 1.82) is 0 Å². The van der Waals surface area contributed by atoms with E-state index in [0.717, 1.165) is 25.0 Å². The lowest BCUT2D eigenvalue weighted by atomic mass is 9.95. The van der Waals surface area contributed by atoms with Crippen molar-refractivity contribution >= 4 is 40.6 Å². The molecule has 3 aromatic rings. The number of anilines is 3. The van der Waals surface area contributed by atoms with Gasteiger partial charge in [0.15, 0.2) is 0 Å². The Kier molecular flexibility index (Phi) is 6.61. The van der Waals surface area contributed by atoms with Crippen molar-refractivity contribution < 1.29 is 14.0 Å². The van der Waals surface area contributed by atoms with E-state index in [0.29, 0.717) is 23.6 Å². The quantitative estimate of drug-likeness (QED) is 0.598. The Bertz CT molecular complexity index is 1100. The molecule has 32 heavy (non-hydrogen) atoms. The summed E-state index contributed by atoms with van der Waals surface area (Å²) < 4.78 is 13.1. The third kappa shape index (κ3) is 5.20. The number of hydrogen-bond acceptors (Lipinski definition) is 5. The first-order valence-electron chi connectivity index (χ1n) is 10.2. The first kappa shape index (κ1) is 21.7. The number of carbonyl (C=O) groups excluding carboxylic acids is 2. The molecule has 2 aromatic heterocycles. The van der Waals surface area contributed by atoms with Gasteiger partial charge in [0.1, 0.15) is 11.6 Å². The van der Waals surface area contributed by atoms with Gasteiger partial charge >= 0.3 is 0 Å². The number of piperidine rings is 1. The predicted octanol–water partition coefficient (Wildman–Crippen LogP) is 4.38. The molecule has 4 rings (SSSR count). The van der Waals surface area contributed by atoms with Crippen molar-refractivity contribution in [2.45, 2.75) is 12.8 Å². The Morgan fingerprint density at radius 2 is 1.78 bits per heavy atom. The number of carbonyl (C=O) groups is 2. The molecule has 1 aromatic carbocycles. The lowest BCUT2D eigenvalue weighted by molar-refractivity contribution is -0.120. The Morgan fingerprint density at radius 1 is 1.03 bits per heavy atom. The molecule has 3 heterocycles. The van der Waals surface area contributed by atoms with E-state index in [9.17, 15) is 14.0 Å². The maximum atomic E-state index is 13.1. The highest BCUT2D eigenvalue weighted by Crippen LogP contribution is 2.26. The van der Waals surface area contributed by atoms with Gasteiger partial charge in [-0.2, -0.15) is 0 Å². The molecule has 1 aliphatic heterocycles.